The van der Waals surface area contributed by atoms with Gasteiger partial charge in [-0.3, -0.25) is 0 Å². The van der Waals surface area contributed by atoms with Gasteiger partial charge in [-0.25, -0.2) is 4.68 Å². The predicted octanol–water partition coefficient (Wildman–Crippen LogP) is 2.84. The van der Waals surface area contributed by atoms with E-state index in [0.29, 0.717) is 17.8 Å². The summed E-state index contributed by atoms with van der Waals surface area (Å²) in [6, 6.07) is 4.49. The van der Waals surface area contributed by atoms with Crippen LogP contribution < -0.4 is 0 Å². The zero-order valence-electron chi connectivity index (χ0n) is 11.8. The molecule has 0 radical (unpaired) electrons. The van der Waals surface area contributed by atoms with Crippen LogP contribution in [0.4, 0.5) is 0 Å². The van der Waals surface area contributed by atoms with Gasteiger partial charge in [-0.15, -0.1) is 16.4 Å². The number of tetrazole rings is 1. The Hall–Kier alpha value is -1.74. The van der Waals surface area contributed by atoms with Crippen molar-refractivity contribution < 1.29 is 4.52 Å². The Morgan fingerprint density at radius 1 is 1.41 bits per heavy atom. The molecular formula is C13H14N6OS2. The molecule has 1 aliphatic rings. The number of rotatable bonds is 7. The Labute approximate surface area is 135 Å². The highest BCUT2D eigenvalue weighted by atomic mass is 32.2. The molecule has 22 heavy (non-hydrogen) atoms. The molecule has 0 aliphatic heterocycles. The van der Waals surface area contributed by atoms with Crippen LogP contribution in [0.25, 0.3) is 10.7 Å². The SMILES string of the molecule is c1csc(-c2noc(CCCSc3nnnn3C3CC3)n2)c1. The highest BCUT2D eigenvalue weighted by molar-refractivity contribution is 7.99. The summed E-state index contributed by atoms with van der Waals surface area (Å²) in [7, 11) is 0. The molecular weight excluding hydrogens is 320 g/mol. The summed E-state index contributed by atoms with van der Waals surface area (Å²) in [5, 5.41) is 18.8. The molecule has 3 aromatic rings. The van der Waals surface area contributed by atoms with E-state index in [1.807, 2.05) is 22.2 Å². The van der Waals surface area contributed by atoms with Gasteiger partial charge in [0.1, 0.15) is 0 Å². The molecule has 0 aromatic carbocycles. The number of thiophene rings is 1. The summed E-state index contributed by atoms with van der Waals surface area (Å²) in [5.74, 6) is 2.30. The molecule has 7 nitrogen and oxygen atoms in total. The predicted molar refractivity (Wildman–Crippen MR) is 82.7 cm³/mol. The van der Waals surface area contributed by atoms with Crippen molar-refractivity contribution in [3.8, 4) is 10.7 Å². The van der Waals surface area contributed by atoms with Crippen LogP contribution in [0.5, 0.6) is 0 Å². The molecule has 1 aliphatic carbocycles. The molecule has 0 amide bonds. The molecule has 0 saturated heterocycles. The lowest BCUT2D eigenvalue weighted by Gasteiger charge is -2.00. The van der Waals surface area contributed by atoms with Crippen LogP contribution in [0.3, 0.4) is 0 Å². The van der Waals surface area contributed by atoms with Crippen molar-refractivity contribution in [3.63, 3.8) is 0 Å². The minimum absolute atomic E-state index is 0.516. The van der Waals surface area contributed by atoms with E-state index >= 15 is 0 Å². The van der Waals surface area contributed by atoms with Gasteiger partial charge in [0, 0.05) is 12.2 Å². The number of thioether (sulfide) groups is 1. The Bertz CT molecular complexity index is 733. The van der Waals surface area contributed by atoms with E-state index in [0.717, 1.165) is 28.6 Å². The summed E-state index contributed by atoms with van der Waals surface area (Å²) in [5.41, 5.74) is 0. The molecule has 0 spiro atoms. The van der Waals surface area contributed by atoms with E-state index in [2.05, 4.69) is 25.7 Å². The molecule has 114 valence electrons. The van der Waals surface area contributed by atoms with Crippen molar-refractivity contribution in [2.75, 3.05) is 5.75 Å². The van der Waals surface area contributed by atoms with Crippen molar-refractivity contribution in [1.82, 2.24) is 30.3 Å². The van der Waals surface area contributed by atoms with Crippen molar-refractivity contribution in [3.05, 3.63) is 23.4 Å². The van der Waals surface area contributed by atoms with E-state index in [4.69, 9.17) is 4.52 Å². The topological polar surface area (TPSA) is 82.5 Å². The highest BCUT2D eigenvalue weighted by Crippen LogP contribution is 2.36. The summed E-state index contributed by atoms with van der Waals surface area (Å²) in [6.45, 7) is 0. The lowest BCUT2D eigenvalue weighted by Crippen LogP contribution is -1.99. The molecule has 0 N–H and O–H groups in total. The van der Waals surface area contributed by atoms with Crippen molar-refractivity contribution in [1.29, 1.82) is 0 Å². The van der Waals surface area contributed by atoms with Crippen molar-refractivity contribution in [2.45, 2.75) is 36.9 Å². The third-order valence-electron chi connectivity index (χ3n) is 3.33. The quantitative estimate of drug-likeness (QED) is 0.485. The number of hydrogen-bond acceptors (Lipinski definition) is 8. The first kappa shape index (κ1) is 13.9. The van der Waals surface area contributed by atoms with E-state index < -0.39 is 0 Å². The van der Waals surface area contributed by atoms with Gasteiger partial charge in [-0.05, 0) is 41.1 Å². The van der Waals surface area contributed by atoms with Crippen LogP contribution in [0.2, 0.25) is 0 Å². The molecule has 4 rings (SSSR count). The molecule has 0 bridgehead atoms. The Morgan fingerprint density at radius 2 is 2.36 bits per heavy atom. The summed E-state index contributed by atoms with van der Waals surface area (Å²) in [4.78, 5) is 5.46. The Kier molecular flexibility index (Phi) is 3.90. The molecule has 9 heteroatoms. The van der Waals surface area contributed by atoms with Gasteiger partial charge in [-0.2, -0.15) is 4.98 Å². The van der Waals surface area contributed by atoms with E-state index in [1.54, 1.807) is 23.1 Å². The summed E-state index contributed by atoms with van der Waals surface area (Å²) < 4.78 is 7.23. The lowest BCUT2D eigenvalue weighted by atomic mass is 10.3. The largest absolute Gasteiger partial charge is 0.339 e. The van der Waals surface area contributed by atoms with Crippen LogP contribution in [0.1, 0.15) is 31.2 Å². The fourth-order valence-electron chi connectivity index (χ4n) is 2.08. The van der Waals surface area contributed by atoms with Crippen LogP contribution in [0.15, 0.2) is 27.2 Å². The maximum Gasteiger partial charge on any atom is 0.227 e. The summed E-state index contributed by atoms with van der Waals surface area (Å²) >= 11 is 3.30. The van der Waals surface area contributed by atoms with Gasteiger partial charge in [0.25, 0.3) is 0 Å². The zero-order valence-corrected chi connectivity index (χ0v) is 13.4. The fraction of sp³-hybridized carbons (Fsp3) is 0.462. The van der Waals surface area contributed by atoms with E-state index in [1.165, 1.54) is 12.8 Å². The van der Waals surface area contributed by atoms with Crippen LogP contribution in [-0.4, -0.2) is 36.1 Å². The lowest BCUT2D eigenvalue weighted by molar-refractivity contribution is 0.378. The Balaban J connectivity index is 1.27. The molecule has 3 heterocycles. The van der Waals surface area contributed by atoms with Gasteiger partial charge >= 0.3 is 0 Å². The Morgan fingerprint density at radius 3 is 3.18 bits per heavy atom. The maximum atomic E-state index is 5.29. The minimum atomic E-state index is 0.516. The van der Waals surface area contributed by atoms with Crippen molar-refractivity contribution >= 4 is 23.1 Å². The monoisotopic (exact) mass is 334 g/mol. The first-order chi connectivity index (χ1) is 10.9. The van der Waals surface area contributed by atoms with Gasteiger partial charge in [-0.1, -0.05) is 23.0 Å². The third kappa shape index (κ3) is 3.05. The molecule has 0 atom stereocenters. The van der Waals surface area contributed by atoms with Gasteiger partial charge in [0.2, 0.25) is 16.9 Å². The highest BCUT2D eigenvalue weighted by Gasteiger charge is 2.27. The van der Waals surface area contributed by atoms with Crippen molar-refractivity contribution in [2.24, 2.45) is 0 Å². The number of aryl methyl sites for hydroxylation is 1. The standard InChI is InChI=1S/C13H14N6OS2/c1-3-10(21-7-1)12-14-11(20-16-12)4-2-8-22-13-15-17-18-19(13)9-5-6-9/h1,3,7,9H,2,4-6,8H2. The summed E-state index contributed by atoms with van der Waals surface area (Å²) in [6.07, 6.45) is 4.10. The second-order valence-corrected chi connectivity index (χ2v) is 7.09. The first-order valence-electron chi connectivity index (χ1n) is 7.17. The van der Waals surface area contributed by atoms with Crippen LogP contribution in [-0.2, 0) is 6.42 Å². The number of nitrogens with zero attached hydrogens (tertiary/aromatic N) is 6. The molecule has 1 saturated carbocycles. The molecule has 1 fully saturated rings. The number of hydrogen-bond donors (Lipinski definition) is 0. The normalized spacial score (nSPS) is 14.5. The van der Waals surface area contributed by atoms with E-state index in [-0.39, 0.29) is 0 Å². The van der Waals surface area contributed by atoms with Gasteiger partial charge in [0.15, 0.2) is 0 Å². The fourth-order valence-corrected chi connectivity index (χ4v) is 3.61. The van der Waals surface area contributed by atoms with E-state index in [9.17, 15) is 0 Å². The smallest absolute Gasteiger partial charge is 0.227 e. The molecule has 0 unspecified atom stereocenters. The number of aromatic nitrogens is 6. The first-order valence-corrected chi connectivity index (χ1v) is 9.04. The van der Waals surface area contributed by atoms with Gasteiger partial charge in [0.05, 0.1) is 10.9 Å². The average molecular weight is 334 g/mol. The van der Waals surface area contributed by atoms with Crippen LogP contribution >= 0.6 is 23.1 Å². The van der Waals surface area contributed by atoms with Gasteiger partial charge < -0.3 is 4.52 Å². The third-order valence-corrected chi connectivity index (χ3v) is 5.22. The zero-order chi connectivity index (χ0) is 14.8. The minimum Gasteiger partial charge on any atom is -0.339 e. The molecule has 3 aromatic heterocycles. The maximum absolute atomic E-state index is 5.29. The second-order valence-electron chi connectivity index (χ2n) is 5.08. The second kappa shape index (κ2) is 6.17. The average Bonchev–Trinajstić information content (AvgIpc) is 3.01. The van der Waals surface area contributed by atoms with Crippen LogP contribution in [0, 0.1) is 0 Å².